The molecule has 3 N–H and O–H groups in total. The van der Waals surface area contributed by atoms with E-state index in [2.05, 4.69) is 9.97 Å². The number of nitrogens with one attached hydrogen (secondary N) is 2. The molecule has 5 saturated carbocycles. The average molecular weight is 475 g/mol. The van der Waals surface area contributed by atoms with Gasteiger partial charge in [0.2, 0.25) is 0 Å². The molecule has 8 rings (SSSR count). The molecular weight excluding hydrogens is 440 g/mol. The van der Waals surface area contributed by atoms with Crippen LogP contribution in [0.3, 0.4) is 0 Å². The number of ether oxygens (including phenoxy) is 1. The van der Waals surface area contributed by atoms with Gasteiger partial charge in [0.1, 0.15) is 11.5 Å². The third kappa shape index (κ3) is 3.88. The molecule has 5 aliphatic carbocycles. The van der Waals surface area contributed by atoms with E-state index in [1.165, 1.54) is 70.6 Å². The van der Waals surface area contributed by atoms with E-state index >= 15 is 0 Å². The second kappa shape index (κ2) is 8.19. The van der Waals surface area contributed by atoms with E-state index in [0.29, 0.717) is 23.9 Å². The molecular formula is C28H34N4O3. The van der Waals surface area contributed by atoms with Crippen molar-refractivity contribution in [2.75, 3.05) is 0 Å². The van der Waals surface area contributed by atoms with Gasteiger partial charge in [-0.05, 0) is 87.3 Å². The van der Waals surface area contributed by atoms with E-state index in [1.54, 1.807) is 18.2 Å². The molecule has 7 heteroatoms. The fourth-order valence-electron chi connectivity index (χ4n) is 7.98. The molecule has 184 valence electrons. The van der Waals surface area contributed by atoms with Crippen molar-refractivity contribution < 1.29 is 14.6 Å². The van der Waals surface area contributed by atoms with Gasteiger partial charge in [0.05, 0.1) is 34.5 Å². The van der Waals surface area contributed by atoms with E-state index < -0.39 is 5.97 Å². The summed E-state index contributed by atoms with van der Waals surface area (Å²) in [4.78, 5) is 28.3. The summed E-state index contributed by atoms with van der Waals surface area (Å²) in [5.74, 6) is 3.79. The second-order valence-electron chi connectivity index (χ2n) is 11.8. The van der Waals surface area contributed by atoms with Crippen LogP contribution in [0.5, 0.6) is 0 Å². The molecule has 1 aromatic carbocycles. The van der Waals surface area contributed by atoms with Crippen LogP contribution in [0.15, 0.2) is 18.2 Å². The molecule has 7 nitrogen and oxygen atoms in total. The van der Waals surface area contributed by atoms with Gasteiger partial charge in [-0.15, -0.1) is 0 Å². The van der Waals surface area contributed by atoms with E-state index in [1.807, 2.05) is 0 Å². The van der Waals surface area contributed by atoms with Crippen molar-refractivity contribution in [2.24, 2.45) is 17.8 Å². The molecule has 5 aliphatic rings. The Bertz CT molecular complexity index is 1230. The van der Waals surface area contributed by atoms with Crippen LogP contribution in [0.1, 0.15) is 98.4 Å². The van der Waals surface area contributed by atoms with Gasteiger partial charge in [0, 0.05) is 5.92 Å². The monoisotopic (exact) mass is 474 g/mol. The van der Waals surface area contributed by atoms with Crippen LogP contribution in [-0.4, -0.2) is 36.6 Å². The molecule has 0 aliphatic heterocycles. The largest absolute Gasteiger partial charge is 0.478 e. The number of hydrogen-bond acceptors (Lipinski definition) is 4. The first-order valence-electron chi connectivity index (χ1n) is 13.5. The normalized spacial score (nSPS) is 30.3. The molecule has 4 bridgehead atoms. The summed E-state index contributed by atoms with van der Waals surface area (Å²) < 4.78 is 6.83. The smallest absolute Gasteiger partial charge is 0.335 e. The van der Waals surface area contributed by atoms with Crippen LogP contribution in [0.2, 0.25) is 0 Å². The number of nitrogens with zero attached hydrogens (tertiary/aromatic N) is 2. The number of fused-ring (bicyclic) bond motifs is 1. The van der Waals surface area contributed by atoms with Crippen LogP contribution in [0.25, 0.3) is 22.6 Å². The molecule has 5 fully saturated rings. The highest BCUT2D eigenvalue weighted by Gasteiger charge is 2.51. The molecule has 3 aromatic rings. The Morgan fingerprint density at radius 3 is 2.40 bits per heavy atom. The summed E-state index contributed by atoms with van der Waals surface area (Å²) >= 11 is 0. The van der Waals surface area contributed by atoms with Crippen molar-refractivity contribution in [1.82, 2.24) is 19.9 Å². The van der Waals surface area contributed by atoms with Gasteiger partial charge in [0.15, 0.2) is 5.82 Å². The lowest BCUT2D eigenvalue weighted by Gasteiger charge is -2.56. The summed E-state index contributed by atoms with van der Waals surface area (Å²) in [7, 11) is 0. The van der Waals surface area contributed by atoms with Crippen molar-refractivity contribution in [1.29, 1.82) is 0 Å². The predicted molar refractivity (Wildman–Crippen MR) is 132 cm³/mol. The number of aromatic carboxylic acids is 1. The topological polar surface area (TPSA) is 104 Å². The summed E-state index contributed by atoms with van der Waals surface area (Å²) in [6, 6.07) is 5.02. The maximum absolute atomic E-state index is 11.4. The highest BCUT2D eigenvalue weighted by molar-refractivity contribution is 5.92. The lowest BCUT2D eigenvalue weighted by atomic mass is 9.54. The van der Waals surface area contributed by atoms with E-state index in [9.17, 15) is 9.90 Å². The summed E-state index contributed by atoms with van der Waals surface area (Å²) in [6.45, 7) is 0.526. The summed E-state index contributed by atoms with van der Waals surface area (Å²) in [5, 5.41) is 9.37. The lowest BCUT2D eigenvalue weighted by molar-refractivity contribution is -0.169. The zero-order chi connectivity index (χ0) is 23.6. The summed E-state index contributed by atoms with van der Waals surface area (Å²) in [6.07, 6.45) is 14.0. The standard InChI is InChI=1S/C28H34N4O3/c33-27(34)20-6-7-21-22(11-20)30-26(29-21)24-23(31-25(32-24)19-4-2-1-3-5-19)15-35-28-12-16-8-17(13-28)10-18(9-16)14-28/h6-7,11,16-19H,1-5,8-10,12-15H2,(H,29,30)(H,31,32)(H,33,34). The molecule has 2 aromatic heterocycles. The van der Waals surface area contributed by atoms with Crippen molar-refractivity contribution in [3.63, 3.8) is 0 Å². The third-order valence-corrected chi connectivity index (χ3v) is 9.25. The maximum Gasteiger partial charge on any atom is 0.335 e. The minimum atomic E-state index is -0.944. The highest BCUT2D eigenvalue weighted by atomic mass is 16.5. The fourth-order valence-corrected chi connectivity index (χ4v) is 7.98. The number of carboxylic acid groups (broad SMARTS) is 1. The first kappa shape index (κ1) is 21.6. The number of imidazole rings is 2. The Kier molecular flexibility index (Phi) is 5.05. The number of H-pyrrole nitrogens is 2. The average Bonchev–Trinajstić information content (AvgIpc) is 3.46. The van der Waals surface area contributed by atoms with E-state index in [-0.39, 0.29) is 11.2 Å². The zero-order valence-corrected chi connectivity index (χ0v) is 20.2. The molecule has 35 heavy (non-hydrogen) atoms. The molecule has 0 atom stereocenters. The van der Waals surface area contributed by atoms with Gasteiger partial charge in [0.25, 0.3) is 0 Å². The fraction of sp³-hybridized carbons (Fsp3) is 0.607. The van der Waals surface area contributed by atoms with Gasteiger partial charge in [-0.1, -0.05) is 19.3 Å². The summed E-state index contributed by atoms with van der Waals surface area (Å²) in [5.41, 5.74) is 3.56. The quantitative estimate of drug-likeness (QED) is 0.395. The van der Waals surface area contributed by atoms with E-state index in [4.69, 9.17) is 14.7 Å². The Hall–Kier alpha value is -2.67. The molecule has 0 saturated heterocycles. The Labute approximate surface area is 205 Å². The molecule has 0 amide bonds. The third-order valence-electron chi connectivity index (χ3n) is 9.25. The minimum absolute atomic E-state index is 0.0341. The molecule has 2 heterocycles. The second-order valence-corrected chi connectivity index (χ2v) is 11.8. The van der Waals surface area contributed by atoms with Gasteiger partial charge in [-0.3, -0.25) is 0 Å². The van der Waals surface area contributed by atoms with Crippen molar-refractivity contribution >= 4 is 17.0 Å². The SMILES string of the molecule is O=C(O)c1ccc2[nH]c(-c3nc(C4CCCCC4)[nH]c3COC34CC5CC(CC(C5)C3)C4)nc2c1. The van der Waals surface area contributed by atoms with Crippen LogP contribution in [0, 0.1) is 17.8 Å². The predicted octanol–water partition coefficient (Wildman–Crippen LogP) is 6.18. The zero-order valence-electron chi connectivity index (χ0n) is 20.2. The number of aromatic nitrogens is 4. The lowest BCUT2D eigenvalue weighted by Crippen LogP contribution is -2.51. The highest BCUT2D eigenvalue weighted by Crippen LogP contribution is 2.57. The number of carbonyl (C=O) groups is 1. The van der Waals surface area contributed by atoms with Crippen LogP contribution < -0.4 is 0 Å². The minimum Gasteiger partial charge on any atom is -0.478 e. The molecule has 0 spiro atoms. The van der Waals surface area contributed by atoms with Crippen LogP contribution in [0.4, 0.5) is 0 Å². The molecule has 0 radical (unpaired) electrons. The van der Waals surface area contributed by atoms with Crippen molar-refractivity contribution in [3.8, 4) is 11.5 Å². The first-order chi connectivity index (χ1) is 17.0. The van der Waals surface area contributed by atoms with Gasteiger partial charge in [-0.2, -0.15) is 0 Å². The van der Waals surface area contributed by atoms with Crippen molar-refractivity contribution in [3.05, 3.63) is 35.3 Å². The van der Waals surface area contributed by atoms with Crippen molar-refractivity contribution in [2.45, 2.75) is 88.8 Å². The Morgan fingerprint density at radius 2 is 1.71 bits per heavy atom. The van der Waals surface area contributed by atoms with Crippen LogP contribution in [-0.2, 0) is 11.3 Å². The Balaban J connectivity index is 1.22. The van der Waals surface area contributed by atoms with Crippen LogP contribution >= 0.6 is 0 Å². The molecule has 0 unspecified atom stereocenters. The van der Waals surface area contributed by atoms with Gasteiger partial charge >= 0.3 is 5.97 Å². The van der Waals surface area contributed by atoms with Gasteiger partial charge < -0.3 is 19.8 Å². The van der Waals surface area contributed by atoms with E-state index in [0.717, 1.165) is 40.5 Å². The first-order valence-corrected chi connectivity index (χ1v) is 13.5. The number of rotatable bonds is 6. The number of aromatic amines is 2. The maximum atomic E-state index is 11.4. The number of carboxylic acids is 1. The number of benzene rings is 1. The number of hydrogen-bond donors (Lipinski definition) is 3. The Morgan fingerprint density at radius 1 is 1.00 bits per heavy atom. The van der Waals surface area contributed by atoms with Gasteiger partial charge in [-0.25, -0.2) is 14.8 Å².